The van der Waals surface area contributed by atoms with Crippen LogP contribution in [0.15, 0.2) is 47.8 Å². The number of hydrogen-bond acceptors (Lipinski definition) is 3. The van der Waals surface area contributed by atoms with Gasteiger partial charge in [0.1, 0.15) is 0 Å². The van der Waals surface area contributed by atoms with Gasteiger partial charge in [-0.1, -0.05) is 35.9 Å². The molecular weight excluding hydrogens is 364 g/mol. The molecule has 134 valence electrons. The lowest BCUT2D eigenvalue weighted by Crippen LogP contribution is -2.28. The van der Waals surface area contributed by atoms with Crippen molar-refractivity contribution in [3.8, 4) is 0 Å². The zero-order valence-electron chi connectivity index (χ0n) is 15.1. The second-order valence-electron chi connectivity index (χ2n) is 6.39. The van der Waals surface area contributed by atoms with Crippen LogP contribution in [-0.4, -0.2) is 17.9 Å². The Balaban J connectivity index is 1.68. The Kier molecular flexibility index (Phi) is 5.74. The van der Waals surface area contributed by atoms with Crippen LogP contribution in [0.2, 0.25) is 5.02 Å². The predicted octanol–water partition coefficient (Wildman–Crippen LogP) is 5.21. The van der Waals surface area contributed by atoms with Crippen LogP contribution >= 0.6 is 22.9 Å². The number of aromatic nitrogens is 1. The maximum absolute atomic E-state index is 12.7. The number of amides is 1. The number of carbonyl (C=O) groups excluding carboxylic acids is 1. The van der Waals surface area contributed by atoms with Gasteiger partial charge >= 0.3 is 0 Å². The standard InChI is InChI=1S/C21H21ClN2OS/c1-14-6-4-9-19(15(14)2)24(3)21(25)12-18-13-26-20(23-18)11-16-7-5-8-17(22)10-16/h4-10,13H,11-12H2,1-3H3. The topological polar surface area (TPSA) is 33.2 Å². The molecule has 1 aromatic heterocycles. The highest BCUT2D eigenvalue weighted by molar-refractivity contribution is 7.09. The molecular formula is C21H21ClN2OS. The van der Waals surface area contributed by atoms with E-state index in [9.17, 15) is 4.79 Å². The van der Waals surface area contributed by atoms with Crippen LogP contribution in [0.1, 0.15) is 27.4 Å². The van der Waals surface area contributed by atoms with Crippen molar-refractivity contribution in [1.29, 1.82) is 0 Å². The Labute approximate surface area is 163 Å². The van der Waals surface area contributed by atoms with Crippen molar-refractivity contribution in [2.45, 2.75) is 26.7 Å². The molecule has 3 nitrogen and oxygen atoms in total. The molecule has 3 aromatic rings. The normalized spacial score (nSPS) is 10.8. The number of likely N-dealkylation sites (N-methyl/N-ethyl adjacent to an activating group) is 1. The summed E-state index contributed by atoms with van der Waals surface area (Å²) in [5.41, 5.74) is 5.19. The van der Waals surface area contributed by atoms with Crippen LogP contribution in [0.5, 0.6) is 0 Å². The minimum Gasteiger partial charge on any atom is -0.315 e. The van der Waals surface area contributed by atoms with Crippen molar-refractivity contribution < 1.29 is 4.79 Å². The van der Waals surface area contributed by atoms with Gasteiger partial charge in [-0.15, -0.1) is 11.3 Å². The maximum atomic E-state index is 12.7. The second-order valence-corrected chi connectivity index (χ2v) is 7.77. The Morgan fingerprint density at radius 2 is 1.96 bits per heavy atom. The van der Waals surface area contributed by atoms with Crippen LogP contribution in [0, 0.1) is 13.8 Å². The van der Waals surface area contributed by atoms with Gasteiger partial charge in [-0.2, -0.15) is 0 Å². The molecule has 26 heavy (non-hydrogen) atoms. The Hall–Kier alpha value is -2.17. The van der Waals surface area contributed by atoms with Gasteiger partial charge in [-0.3, -0.25) is 4.79 Å². The van der Waals surface area contributed by atoms with Gasteiger partial charge in [0.2, 0.25) is 5.91 Å². The van der Waals surface area contributed by atoms with Crippen molar-refractivity contribution in [3.63, 3.8) is 0 Å². The van der Waals surface area contributed by atoms with Gasteiger partial charge in [0.15, 0.2) is 0 Å². The number of benzene rings is 2. The molecule has 0 spiro atoms. The number of anilines is 1. The summed E-state index contributed by atoms with van der Waals surface area (Å²) in [7, 11) is 1.82. The highest BCUT2D eigenvalue weighted by Crippen LogP contribution is 2.23. The number of nitrogens with zero attached hydrogens (tertiary/aromatic N) is 2. The first-order valence-electron chi connectivity index (χ1n) is 8.44. The third-order valence-electron chi connectivity index (χ3n) is 4.49. The van der Waals surface area contributed by atoms with E-state index in [1.807, 2.05) is 55.7 Å². The van der Waals surface area contributed by atoms with Crippen molar-refractivity contribution in [1.82, 2.24) is 4.98 Å². The molecule has 0 saturated heterocycles. The monoisotopic (exact) mass is 384 g/mol. The minimum absolute atomic E-state index is 0.0401. The van der Waals surface area contributed by atoms with Gasteiger partial charge in [-0.05, 0) is 48.7 Å². The quantitative estimate of drug-likeness (QED) is 0.605. The molecule has 0 atom stereocenters. The summed E-state index contributed by atoms with van der Waals surface area (Å²) < 4.78 is 0. The zero-order chi connectivity index (χ0) is 18.7. The number of thiazole rings is 1. The summed E-state index contributed by atoms with van der Waals surface area (Å²) in [6, 6.07) is 13.8. The molecule has 0 radical (unpaired) electrons. The number of rotatable bonds is 5. The molecule has 5 heteroatoms. The fourth-order valence-corrected chi connectivity index (χ4v) is 3.88. The highest BCUT2D eigenvalue weighted by atomic mass is 35.5. The van der Waals surface area contributed by atoms with Crippen LogP contribution < -0.4 is 4.90 Å². The third kappa shape index (κ3) is 4.32. The van der Waals surface area contributed by atoms with Gasteiger partial charge in [0.05, 0.1) is 17.1 Å². The summed E-state index contributed by atoms with van der Waals surface area (Å²) in [5, 5.41) is 3.68. The fraction of sp³-hybridized carbons (Fsp3) is 0.238. The molecule has 2 aromatic carbocycles. The lowest BCUT2D eigenvalue weighted by Gasteiger charge is -2.20. The summed E-state index contributed by atoms with van der Waals surface area (Å²) in [6.07, 6.45) is 1.03. The number of carbonyl (C=O) groups is 1. The summed E-state index contributed by atoms with van der Waals surface area (Å²) >= 11 is 7.62. The maximum Gasteiger partial charge on any atom is 0.232 e. The van der Waals surface area contributed by atoms with Crippen LogP contribution in [-0.2, 0) is 17.6 Å². The number of hydrogen-bond donors (Lipinski definition) is 0. The molecule has 0 bridgehead atoms. The van der Waals surface area contributed by atoms with E-state index < -0.39 is 0 Å². The molecule has 0 aliphatic carbocycles. The first kappa shape index (κ1) is 18.6. The van der Waals surface area contributed by atoms with Crippen LogP contribution in [0.25, 0.3) is 0 Å². The van der Waals surface area contributed by atoms with E-state index >= 15 is 0 Å². The molecule has 1 heterocycles. The van der Waals surface area contributed by atoms with E-state index in [2.05, 4.69) is 18.0 Å². The number of aryl methyl sites for hydroxylation is 1. The minimum atomic E-state index is 0.0401. The lowest BCUT2D eigenvalue weighted by atomic mass is 10.1. The van der Waals surface area contributed by atoms with Crippen molar-refractivity contribution >= 4 is 34.5 Å². The van der Waals surface area contributed by atoms with Gasteiger partial charge < -0.3 is 4.90 Å². The molecule has 0 saturated carbocycles. The average molecular weight is 385 g/mol. The van der Waals surface area contributed by atoms with E-state index in [0.717, 1.165) is 39.0 Å². The van der Waals surface area contributed by atoms with Crippen molar-refractivity contribution in [3.05, 3.63) is 80.3 Å². The van der Waals surface area contributed by atoms with Crippen LogP contribution in [0.3, 0.4) is 0 Å². The molecule has 0 aliphatic heterocycles. The lowest BCUT2D eigenvalue weighted by molar-refractivity contribution is -0.117. The largest absolute Gasteiger partial charge is 0.315 e. The highest BCUT2D eigenvalue weighted by Gasteiger charge is 2.16. The summed E-state index contributed by atoms with van der Waals surface area (Å²) in [6.45, 7) is 4.10. The van der Waals surface area contributed by atoms with Gasteiger partial charge in [0.25, 0.3) is 0 Å². The molecule has 1 amide bonds. The molecule has 0 N–H and O–H groups in total. The Bertz CT molecular complexity index is 935. The number of halogens is 1. The Morgan fingerprint density at radius 3 is 2.73 bits per heavy atom. The zero-order valence-corrected chi connectivity index (χ0v) is 16.7. The van der Waals surface area contributed by atoms with E-state index in [4.69, 9.17) is 11.6 Å². The smallest absolute Gasteiger partial charge is 0.232 e. The fourth-order valence-electron chi connectivity index (χ4n) is 2.84. The first-order valence-corrected chi connectivity index (χ1v) is 9.70. The predicted molar refractivity (Wildman–Crippen MR) is 109 cm³/mol. The van der Waals surface area contributed by atoms with Gasteiger partial charge in [-0.25, -0.2) is 4.98 Å². The van der Waals surface area contributed by atoms with E-state index in [-0.39, 0.29) is 5.91 Å². The summed E-state index contributed by atoms with van der Waals surface area (Å²) in [5.74, 6) is 0.0401. The van der Waals surface area contributed by atoms with E-state index in [1.54, 1.807) is 16.2 Å². The van der Waals surface area contributed by atoms with Crippen LogP contribution in [0.4, 0.5) is 5.69 Å². The molecule has 3 rings (SSSR count). The summed E-state index contributed by atoms with van der Waals surface area (Å²) in [4.78, 5) is 19.0. The molecule has 0 fully saturated rings. The first-order chi connectivity index (χ1) is 12.4. The molecule has 0 unspecified atom stereocenters. The Morgan fingerprint density at radius 1 is 1.19 bits per heavy atom. The SMILES string of the molecule is Cc1cccc(N(C)C(=O)Cc2csc(Cc3cccc(Cl)c3)n2)c1C. The average Bonchev–Trinajstić information content (AvgIpc) is 3.03. The van der Waals surface area contributed by atoms with Crippen molar-refractivity contribution in [2.75, 3.05) is 11.9 Å². The van der Waals surface area contributed by atoms with E-state index in [1.165, 1.54) is 5.56 Å². The van der Waals surface area contributed by atoms with Crippen molar-refractivity contribution in [2.24, 2.45) is 0 Å². The second kappa shape index (κ2) is 8.02. The van der Waals surface area contributed by atoms with Gasteiger partial charge in [0, 0.05) is 29.6 Å². The van der Waals surface area contributed by atoms with E-state index in [0.29, 0.717) is 6.42 Å². The molecule has 0 aliphatic rings. The third-order valence-corrected chi connectivity index (χ3v) is 5.62.